The first-order chi connectivity index (χ1) is 8.04. The molecule has 6 heteroatoms. The molecule has 0 aliphatic rings. The highest BCUT2D eigenvalue weighted by Crippen LogP contribution is 2.19. The molecule has 1 unspecified atom stereocenters. The highest BCUT2D eigenvalue weighted by molar-refractivity contribution is 7.99. The monoisotopic (exact) mass is 256 g/mol. The van der Waals surface area contributed by atoms with Crippen molar-refractivity contribution < 1.29 is 9.90 Å². The Hall–Kier alpha value is -1.30. The number of nitrogens with zero attached hydrogens (tertiary/aromatic N) is 2. The quantitative estimate of drug-likeness (QED) is 0.783. The number of aromatic nitrogens is 2. The van der Waals surface area contributed by atoms with E-state index in [9.17, 15) is 9.59 Å². The van der Waals surface area contributed by atoms with Crippen molar-refractivity contribution in [2.75, 3.05) is 0 Å². The number of aryl methyl sites for hydroxylation is 1. The Labute approximate surface area is 104 Å². The molecule has 1 heterocycles. The molecule has 94 valence electrons. The third kappa shape index (κ3) is 4.22. The molecule has 1 aromatic rings. The zero-order chi connectivity index (χ0) is 12.8. The molecule has 0 aliphatic carbocycles. The van der Waals surface area contributed by atoms with Crippen LogP contribution >= 0.6 is 11.8 Å². The van der Waals surface area contributed by atoms with Crippen LogP contribution in [0.25, 0.3) is 0 Å². The molecule has 0 saturated heterocycles. The molecule has 0 spiro atoms. The van der Waals surface area contributed by atoms with Crippen molar-refractivity contribution in [1.82, 2.24) is 9.55 Å². The van der Waals surface area contributed by atoms with Crippen molar-refractivity contribution in [1.29, 1.82) is 0 Å². The summed E-state index contributed by atoms with van der Waals surface area (Å²) in [4.78, 5) is 26.5. The number of carbonyl (C=O) groups is 1. The van der Waals surface area contributed by atoms with E-state index >= 15 is 0 Å². The Morgan fingerprint density at radius 1 is 1.65 bits per heavy atom. The Morgan fingerprint density at radius 2 is 2.35 bits per heavy atom. The van der Waals surface area contributed by atoms with Crippen LogP contribution in [0.4, 0.5) is 0 Å². The van der Waals surface area contributed by atoms with Crippen LogP contribution < -0.4 is 5.56 Å². The van der Waals surface area contributed by atoms with E-state index in [0.29, 0.717) is 11.6 Å². The second-order valence-corrected chi connectivity index (χ2v) is 5.18. The molecule has 1 aromatic heterocycles. The lowest BCUT2D eigenvalue weighted by molar-refractivity contribution is -0.136. The van der Waals surface area contributed by atoms with Crippen LogP contribution in [0.15, 0.2) is 22.2 Å². The van der Waals surface area contributed by atoms with Gasteiger partial charge in [-0.1, -0.05) is 25.6 Å². The number of carboxylic acids is 1. The third-order valence-electron chi connectivity index (χ3n) is 2.12. The van der Waals surface area contributed by atoms with E-state index in [1.165, 1.54) is 11.8 Å². The average molecular weight is 256 g/mol. The van der Waals surface area contributed by atoms with Crippen LogP contribution in [0.2, 0.25) is 0 Å². The van der Waals surface area contributed by atoms with Gasteiger partial charge in [-0.05, 0) is 6.42 Å². The summed E-state index contributed by atoms with van der Waals surface area (Å²) in [5.41, 5.74) is -0.142. The molecule has 0 aromatic carbocycles. The second kappa shape index (κ2) is 6.44. The van der Waals surface area contributed by atoms with Gasteiger partial charge in [0.2, 0.25) is 0 Å². The van der Waals surface area contributed by atoms with Gasteiger partial charge in [-0.3, -0.25) is 9.59 Å². The minimum atomic E-state index is -0.866. The minimum Gasteiger partial charge on any atom is -0.481 e. The molecule has 17 heavy (non-hydrogen) atoms. The molecule has 0 fully saturated rings. The maximum atomic E-state index is 11.9. The summed E-state index contributed by atoms with van der Waals surface area (Å²) in [5, 5.41) is 8.86. The van der Waals surface area contributed by atoms with Crippen molar-refractivity contribution in [2.45, 2.75) is 43.5 Å². The topological polar surface area (TPSA) is 72.2 Å². The van der Waals surface area contributed by atoms with Crippen molar-refractivity contribution in [2.24, 2.45) is 0 Å². The highest BCUT2D eigenvalue weighted by Gasteiger charge is 2.13. The smallest absolute Gasteiger partial charge is 0.304 e. The molecule has 1 rings (SSSR count). The van der Waals surface area contributed by atoms with Crippen LogP contribution in [-0.4, -0.2) is 25.9 Å². The Kier molecular flexibility index (Phi) is 5.21. The molecule has 0 aliphatic heterocycles. The van der Waals surface area contributed by atoms with E-state index in [-0.39, 0.29) is 17.2 Å². The summed E-state index contributed by atoms with van der Waals surface area (Å²) in [6, 6.07) is 0. The van der Waals surface area contributed by atoms with Crippen LogP contribution in [0.1, 0.15) is 26.7 Å². The van der Waals surface area contributed by atoms with Crippen LogP contribution in [0, 0.1) is 0 Å². The molecule has 0 saturated carbocycles. The first kappa shape index (κ1) is 13.8. The summed E-state index contributed by atoms with van der Waals surface area (Å²) >= 11 is 1.21. The van der Waals surface area contributed by atoms with Gasteiger partial charge < -0.3 is 9.67 Å². The van der Waals surface area contributed by atoms with Gasteiger partial charge in [0.05, 0.1) is 6.42 Å². The normalized spacial score (nSPS) is 12.4. The predicted octanol–water partition coefficient (Wildman–Crippen LogP) is 1.61. The van der Waals surface area contributed by atoms with Gasteiger partial charge in [0.25, 0.3) is 5.56 Å². The molecule has 5 nitrogen and oxygen atoms in total. The predicted molar refractivity (Wildman–Crippen MR) is 66.4 cm³/mol. The molecular formula is C11H16N2O3S. The van der Waals surface area contributed by atoms with Crippen LogP contribution in [-0.2, 0) is 11.3 Å². The van der Waals surface area contributed by atoms with E-state index in [4.69, 9.17) is 5.11 Å². The van der Waals surface area contributed by atoms with Gasteiger partial charge >= 0.3 is 5.97 Å². The second-order valence-electron chi connectivity index (χ2n) is 3.76. The standard InChI is InChI=1S/C11H16N2O3S/c1-3-5-13-6-4-12-10(11(13)16)17-8(2)7-9(14)15/h4,6,8H,3,5,7H2,1-2H3,(H,14,15). The van der Waals surface area contributed by atoms with Crippen molar-refractivity contribution in [3.05, 3.63) is 22.7 Å². The highest BCUT2D eigenvalue weighted by atomic mass is 32.2. The van der Waals surface area contributed by atoms with E-state index in [2.05, 4.69) is 4.98 Å². The van der Waals surface area contributed by atoms with Gasteiger partial charge in [0.15, 0.2) is 5.03 Å². The van der Waals surface area contributed by atoms with Gasteiger partial charge in [-0.25, -0.2) is 4.98 Å². The largest absolute Gasteiger partial charge is 0.481 e. The van der Waals surface area contributed by atoms with Crippen molar-refractivity contribution in [3.8, 4) is 0 Å². The SMILES string of the molecule is CCCn1ccnc(SC(C)CC(=O)O)c1=O. The Balaban J connectivity index is 2.81. The first-order valence-corrected chi connectivity index (χ1v) is 6.36. The van der Waals surface area contributed by atoms with E-state index in [1.54, 1.807) is 23.9 Å². The van der Waals surface area contributed by atoms with Crippen molar-refractivity contribution >= 4 is 17.7 Å². The maximum absolute atomic E-state index is 11.9. The average Bonchev–Trinajstić information content (AvgIpc) is 2.23. The van der Waals surface area contributed by atoms with Gasteiger partial charge in [0, 0.05) is 24.2 Å². The Bertz CT molecular complexity index is 445. The van der Waals surface area contributed by atoms with Gasteiger partial charge in [-0.15, -0.1) is 0 Å². The van der Waals surface area contributed by atoms with Gasteiger partial charge in [0.1, 0.15) is 0 Å². The molecule has 0 amide bonds. The zero-order valence-corrected chi connectivity index (χ0v) is 10.7. The Morgan fingerprint density at radius 3 is 2.94 bits per heavy atom. The summed E-state index contributed by atoms with van der Waals surface area (Å²) in [6.07, 6.45) is 4.12. The minimum absolute atomic E-state index is 0.0223. The van der Waals surface area contributed by atoms with E-state index in [0.717, 1.165) is 6.42 Å². The molecule has 0 bridgehead atoms. The zero-order valence-electron chi connectivity index (χ0n) is 9.92. The fourth-order valence-electron chi connectivity index (χ4n) is 1.40. The fraction of sp³-hybridized carbons (Fsp3) is 0.545. The summed E-state index contributed by atoms with van der Waals surface area (Å²) in [5.74, 6) is -0.866. The lowest BCUT2D eigenvalue weighted by Gasteiger charge is -2.09. The van der Waals surface area contributed by atoms with Crippen LogP contribution in [0.3, 0.4) is 0 Å². The fourth-order valence-corrected chi connectivity index (χ4v) is 2.35. The number of carboxylic acid groups (broad SMARTS) is 1. The number of aliphatic carboxylic acids is 1. The van der Waals surface area contributed by atoms with E-state index < -0.39 is 5.97 Å². The van der Waals surface area contributed by atoms with Crippen LogP contribution in [0.5, 0.6) is 0 Å². The maximum Gasteiger partial charge on any atom is 0.304 e. The molecular weight excluding hydrogens is 240 g/mol. The lowest BCUT2D eigenvalue weighted by atomic mass is 10.3. The summed E-state index contributed by atoms with van der Waals surface area (Å²) < 4.78 is 1.60. The molecule has 0 radical (unpaired) electrons. The number of rotatable bonds is 6. The number of hydrogen-bond donors (Lipinski definition) is 1. The first-order valence-electron chi connectivity index (χ1n) is 5.48. The lowest BCUT2D eigenvalue weighted by Crippen LogP contribution is -2.22. The number of thioether (sulfide) groups is 1. The molecule has 1 atom stereocenters. The molecule has 1 N–H and O–H groups in total. The third-order valence-corrected chi connectivity index (χ3v) is 3.19. The summed E-state index contributed by atoms with van der Waals surface area (Å²) in [6.45, 7) is 4.42. The number of hydrogen-bond acceptors (Lipinski definition) is 4. The van der Waals surface area contributed by atoms with Gasteiger partial charge in [-0.2, -0.15) is 0 Å². The van der Waals surface area contributed by atoms with Crippen molar-refractivity contribution in [3.63, 3.8) is 0 Å². The van der Waals surface area contributed by atoms with E-state index in [1.807, 2.05) is 6.92 Å². The summed E-state index contributed by atoms with van der Waals surface area (Å²) in [7, 11) is 0.